The summed E-state index contributed by atoms with van der Waals surface area (Å²) in [5.41, 5.74) is -4.39. The molecule has 9 atom stereocenters. The first kappa shape index (κ1) is 32.9. The molecule has 0 aromatic heterocycles. The van der Waals surface area contributed by atoms with Crippen molar-refractivity contribution in [1.82, 2.24) is 10.2 Å². The Hall–Kier alpha value is -2.99. The summed E-state index contributed by atoms with van der Waals surface area (Å²) in [6.07, 6.45) is 9.65. The molecule has 2 N–H and O–H groups in total. The molecule has 1 unspecified atom stereocenters. The van der Waals surface area contributed by atoms with Crippen LogP contribution in [0.2, 0.25) is 0 Å². The molecule has 0 spiro atoms. The second-order valence-electron chi connectivity index (χ2n) is 17.2. The lowest BCUT2D eigenvalue weighted by atomic mass is 9.33. The Bertz CT molecular complexity index is 1520. The molecule has 0 bridgehead atoms. The number of rotatable bonds is 2. The van der Waals surface area contributed by atoms with Crippen molar-refractivity contribution >= 4 is 23.6 Å². The number of fused-ring (bicyclic) bond motifs is 7. The Morgan fingerprint density at radius 1 is 1.00 bits per heavy atom. The van der Waals surface area contributed by atoms with Gasteiger partial charge in [-0.15, -0.1) is 0 Å². The highest BCUT2D eigenvalue weighted by Crippen LogP contribution is 2.75. The number of allylic oxidation sites excluding steroid dienone is 3. The number of hydrogen-bond donors (Lipinski definition) is 2. The molecule has 1 saturated heterocycles. The fourth-order valence-electron chi connectivity index (χ4n) is 11.6. The molecule has 5 aliphatic carbocycles. The summed E-state index contributed by atoms with van der Waals surface area (Å²) in [5.74, 6) is -1.35. The molecule has 250 valence electrons. The van der Waals surface area contributed by atoms with Gasteiger partial charge in [-0.3, -0.25) is 9.59 Å². The molecule has 1 aliphatic heterocycles. The van der Waals surface area contributed by atoms with Gasteiger partial charge in [-0.2, -0.15) is 5.26 Å². The number of nitrogens with one attached hydrogen (secondary N) is 1. The number of nitrogens with zero attached hydrogens (tertiary/aromatic N) is 2. The average molecular weight is 634 g/mol. The van der Waals surface area contributed by atoms with E-state index in [1.807, 2.05) is 26.8 Å². The number of urea groups is 1. The third kappa shape index (κ3) is 4.01. The number of carbonyl (C=O) groups excluding carboxylic acids is 4. The zero-order chi connectivity index (χ0) is 33.9. The minimum atomic E-state index is -1.67. The number of nitriles is 1. The van der Waals surface area contributed by atoms with E-state index in [0.717, 1.165) is 37.7 Å². The van der Waals surface area contributed by atoms with E-state index < -0.39 is 50.7 Å². The number of methoxy groups -OCH3 is 1. The number of hydrogen-bond acceptors (Lipinski definition) is 7. The van der Waals surface area contributed by atoms with Crippen LogP contribution in [0.25, 0.3) is 0 Å². The van der Waals surface area contributed by atoms with Gasteiger partial charge in [0, 0.05) is 34.2 Å². The summed E-state index contributed by atoms with van der Waals surface area (Å²) in [5, 5.41) is 26.3. The molecule has 6 aliphatic rings. The third-order valence-electron chi connectivity index (χ3n) is 14.6. The van der Waals surface area contributed by atoms with Gasteiger partial charge < -0.3 is 20.1 Å². The van der Waals surface area contributed by atoms with Gasteiger partial charge in [0.25, 0.3) is 0 Å². The van der Waals surface area contributed by atoms with Crippen molar-refractivity contribution in [2.24, 2.45) is 38.9 Å². The fourth-order valence-corrected chi connectivity index (χ4v) is 11.6. The van der Waals surface area contributed by atoms with Crippen molar-refractivity contribution in [3.05, 3.63) is 23.3 Å². The largest absolute Gasteiger partial charge is 0.467 e. The molecule has 0 radical (unpaired) electrons. The van der Waals surface area contributed by atoms with Crippen LogP contribution in [0.15, 0.2) is 23.3 Å². The van der Waals surface area contributed by atoms with Crippen molar-refractivity contribution in [2.45, 2.75) is 123 Å². The maximum atomic E-state index is 14.7. The molecule has 9 heteroatoms. The Morgan fingerprint density at radius 2 is 1.67 bits per heavy atom. The van der Waals surface area contributed by atoms with E-state index in [-0.39, 0.29) is 34.5 Å². The number of aliphatic hydroxyl groups is 1. The number of carbonyl (C=O) groups is 4. The lowest BCUT2D eigenvalue weighted by molar-refractivity contribution is -0.240. The van der Waals surface area contributed by atoms with Gasteiger partial charge >= 0.3 is 12.0 Å². The first-order valence-corrected chi connectivity index (χ1v) is 17.1. The summed E-state index contributed by atoms with van der Waals surface area (Å²) in [4.78, 5) is 55.6. The van der Waals surface area contributed by atoms with Gasteiger partial charge in [-0.05, 0) is 93.1 Å². The van der Waals surface area contributed by atoms with E-state index in [9.17, 15) is 29.5 Å². The third-order valence-corrected chi connectivity index (χ3v) is 14.6. The molecule has 46 heavy (non-hydrogen) atoms. The van der Waals surface area contributed by atoms with Crippen LogP contribution in [0.3, 0.4) is 0 Å². The highest BCUT2D eigenvalue weighted by Gasteiger charge is 2.75. The van der Waals surface area contributed by atoms with Crippen LogP contribution in [0, 0.1) is 50.2 Å². The van der Waals surface area contributed by atoms with E-state index in [4.69, 9.17) is 4.74 Å². The van der Waals surface area contributed by atoms with Crippen LogP contribution in [-0.4, -0.2) is 64.4 Å². The Balaban J connectivity index is 1.39. The van der Waals surface area contributed by atoms with Crippen molar-refractivity contribution < 1.29 is 29.0 Å². The Kier molecular flexibility index (Phi) is 7.17. The molecule has 0 aromatic carbocycles. The van der Waals surface area contributed by atoms with Gasteiger partial charge in [0.2, 0.25) is 0 Å². The summed E-state index contributed by atoms with van der Waals surface area (Å²) < 4.78 is 4.96. The van der Waals surface area contributed by atoms with Gasteiger partial charge in [-0.25, -0.2) is 9.59 Å². The molecule has 4 fully saturated rings. The summed E-state index contributed by atoms with van der Waals surface area (Å²) in [6, 6.07) is 1.22. The van der Waals surface area contributed by atoms with Crippen molar-refractivity contribution in [1.29, 1.82) is 5.26 Å². The minimum absolute atomic E-state index is 0.0760. The van der Waals surface area contributed by atoms with Crippen LogP contribution in [0.1, 0.15) is 106 Å². The quantitative estimate of drug-likeness (QED) is 0.388. The van der Waals surface area contributed by atoms with Gasteiger partial charge in [0.1, 0.15) is 17.7 Å². The zero-order valence-electron chi connectivity index (χ0n) is 28.8. The maximum Gasteiger partial charge on any atom is 0.328 e. The first-order chi connectivity index (χ1) is 21.3. The number of Topliss-reactive ketones (excluding diaryl/α,β-unsaturated/α-hetero) is 1. The first-order valence-electron chi connectivity index (χ1n) is 17.1. The molecule has 0 aromatic rings. The number of amides is 2. The van der Waals surface area contributed by atoms with E-state index in [1.54, 1.807) is 11.0 Å². The standard InChI is InChI=1S/C37H51N3O6/c1-31(2)24-11-12-35(6)25(34(24,5)19-22(21-38)28(31)42)18-27(41)37(45)26-20-33(4,15-13-32(26,3)14-16-36(35,37)7)39-30(44)40-17-9-10-23(40)29(43)46-8/h18-19,23-24,26,45H,9-17,20H2,1-8H3,(H,39,44)/t23?,24-,26+,32-,33-,34-,35+,36-,37+/m0/s1. The predicted molar refractivity (Wildman–Crippen MR) is 171 cm³/mol. The topological polar surface area (TPSA) is 137 Å². The molecule has 6 rings (SSSR count). The molecular formula is C37H51N3O6. The van der Waals surface area contributed by atoms with Crippen LogP contribution in [0.5, 0.6) is 0 Å². The Labute approximate surface area is 273 Å². The van der Waals surface area contributed by atoms with E-state index in [0.29, 0.717) is 32.2 Å². The fraction of sp³-hybridized carbons (Fsp3) is 0.757. The van der Waals surface area contributed by atoms with Gasteiger partial charge in [-0.1, -0.05) is 47.6 Å². The van der Waals surface area contributed by atoms with Crippen LogP contribution >= 0.6 is 0 Å². The lowest BCUT2D eigenvalue weighted by Gasteiger charge is -2.71. The number of esters is 1. The molecule has 9 nitrogen and oxygen atoms in total. The van der Waals surface area contributed by atoms with Crippen LogP contribution < -0.4 is 5.32 Å². The normalized spacial score (nSPS) is 46.0. The highest BCUT2D eigenvalue weighted by molar-refractivity contribution is 6.05. The summed E-state index contributed by atoms with van der Waals surface area (Å²) >= 11 is 0. The second-order valence-corrected chi connectivity index (χ2v) is 17.2. The van der Waals surface area contributed by atoms with E-state index in [1.165, 1.54) is 7.11 Å². The lowest BCUT2D eigenvalue weighted by Crippen LogP contribution is -2.74. The predicted octanol–water partition coefficient (Wildman–Crippen LogP) is 5.42. The molecule has 1 heterocycles. The second kappa shape index (κ2) is 10.0. The van der Waals surface area contributed by atoms with Crippen molar-refractivity contribution in [2.75, 3.05) is 13.7 Å². The molecule has 3 saturated carbocycles. The number of ketones is 2. The summed E-state index contributed by atoms with van der Waals surface area (Å²) in [7, 11) is 1.34. The SMILES string of the molecule is COC(=O)C1CCCN1C(=O)N[C@@]1(C)CC[C@@]2(C)CC[C@@]3(C)[C@]4(C)CC[C@H]5C(C)(C)C(=O)C(C#N)=C[C@]5(C)C4=CC(=O)[C@]3(O)[C@@H]2C1. The van der Waals surface area contributed by atoms with Crippen LogP contribution in [-0.2, 0) is 19.1 Å². The molecular weight excluding hydrogens is 582 g/mol. The van der Waals surface area contributed by atoms with Gasteiger partial charge in [0.05, 0.1) is 12.7 Å². The van der Waals surface area contributed by atoms with E-state index >= 15 is 0 Å². The van der Waals surface area contributed by atoms with Crippen molar-refractivity contribution in [3.8, 4) is 6.07 Å². The summed E-state index contributed by atoms with van der Waals surface area (Å²) in [6.45, 7) is 14.9. The van der Waals surface area contributed by atoms with Gasteiger partial charge in [0.15, 0.2) is 11.6 Å². The minimum Gasteiger partial charge on any atom is -0.467 e. The molecule has 2 amide bonds. The monoisotopic (exact) mass is 633 g/mol. The highest BCUT2D eigenvalue weighted by atomic mass is 16.5. The van der Waals surface area contributed by atoms with Crippen LogP contribution in [0.4, 0.5) is 4.79 Å². The van der Waals surface area contributed by atoms with Crippen molar-refractivity contribution in [3.63, 3.8) is 0 Å². The zero-order valence-corrected chi connectivity index (χ0v) is 28.8. The van der Waals surface area contributed by atoms with E-state index in [2.05, 4.69) is 39.1 Å². The number of ether oxygens (including phenoxy) is 1. The average Bonchev–Trinajstić information content (AvgIpc) is 3.49. The number of likely N-dealkylation sites (tertiary alicyclic amines) is 1. The Morgan fingerprint density at radius 3 is 2.33 bits per heavy atom. The smallest absolute Gasteiger partial charge is 0.328 e. The maximum absolute atomic E-state index is 14.7.